The number of hydrogen-bond donors (Lipinski definition) is 1. The molecule has 0 aliphatic carbocycles. The van der Waals surface area contributed by atoms with E-state index in [9.17, 15) is 24.4 Å². The minimum atomic E-state index is -1.39. The minimum Gasteiger partial charge on any atom is -0.469 e. The van der Waals surface area contributed by atoms with Gasteiger partial charge in [0.25, 0.3) is 5.69 Å². The van der Waals surface area contributed by atoms with Gasteiger partial charge in [-0.1, -0.05) is 0 Å². The fourth-order valence-corrected chi connectivity index (χ4v) is 1.25. The van der Waals surface area contributed by atoms with Crippen LogP contribution in [-0.4, -0.2) is 23.1 Å². The van der Waals surface area contributed by atoms with Gasteiger partial charge in [0.15, 0.2) is 0 Å². The van der Waals surface area contributed by atoms with Crippen LogP contribution in [0, 0.1) is 15.9 Å². The number of rotatable bonds is 4. The summed E-state index contributed by atoms with van der Waals surface area (Å²) < 4.78 is 17.7. The van der Waals surface area contributed by atoms with Crippen LogP contribution in [0.2, 0.25) is 0 Å². The van der Waals surface area contributed by atoms with Gasteiger partial charge < -0.3 is 9.84 Å². The van der Waals surface area contributed by atoms with Crippen molar-refractivity contribution in [3.63, 3.8) is 0 Å². The number of benzene rings is 1. The molecule has 1 aromatic rings. The number of esters is 1. The highest BCUT2D eigenvalue weighted by molar-refractivity contribution is 5.70. The van der Waals surface area contributed by atoms with E-state index in [0.717, 1.165) is 19.2 Å². The Morgan fingerprint density at radius 3 is 2.76 bits per heavy atom. The number of aliphatic hydroxyl groups excluding tert-OH is 1. The van der Waals surface area contributed by atoms with Gasteiger partial charge in [0, 0.05) is 11.6 Å². The Bertz CT molecular complexity index is 448. The lowest BCUT2D eigenvalue weighted by molar-refractivity contribution is -0.385. The summed E-state index contributed by atoms with van der Waals surface area (Å²) in [7, 11) is 1.14. The van der Waals surface area contributed by atoms with E-state index in [1.807, 2.05) is 0 Å². The van der Waals surface area contributed by atoms with Crippen molar-refractivity contribution in [1.82, 2.24) is 0 Å². The molecule has 1 rings (SSSR count). The van der Waals surface area contributed by atoms with Gasteiger partial charge in [0.05, 0.1) is 30.6 Å². The first kappa shape index (κ1) is 13.0. The van der Waals surface area contributed by atoms with Crippen LogP contribution in [0.5, 0.6) is 0 Å². The molecule has 0 amide bonds. The number of non-ortho nitro benzene ring substituents is 1. The van der Waals surface area contributed by atoms with Gasteiger partial charge in [-0.05, 0) is 6.07 Å². The van der Waals surface area contributed by atoms with Crippen molar-refractivity contribution in [3.8, 4) is 0 Å². The monoisotopic (exact) mass is 243 g/mol. The molecule has 0 unspecified atom stereocenters. The lowest BCUT2D eigenvalue weighted by atomic mass is 10.1. The van der Waals surface area contributed by atoms with Gasteiger partial charge in [0.2, 0.25) is 0 Å². The van der Waals surface area contributed by atoms with Crippen molar-refractivity contribution in [3.05, 3.63) is 39.7 Å². The predicted octanol–water partition coefficient (Wildman–Crippen LogP) is 1.33. The number of aliphatic hydroxyl groups is 1. The number of nitrogens with zero attached hydrogens (tertiary/aromatic N) is 1. The number of nitro benzene ring substituents is 1. The van der Waals surface area contributed by atoms with Crippen LogP contribution >= 0.6 is 0 Å². The highest BCUT2D eigenvalue weighted by Crippen LogP contribution is 2.24. The largest absolute Gasteiger partial charge is 0.469 e. The average molecular weight is 243 g/mol. The molecule has 1 atom stereocenters. The first-order chi connectivity index (χ1) is 7.95. The van der Waals surface area contributed by atoms with Gasteiger partial charge in [-0.3, -0.25) is 14.9 Å². The molecule has 0 spiro atoms. The summed E-state index contributed by atoms with van der Waals surface area (Å²) in [5.41, 5.74) is -0.600. The van der Waals surface area contributed by atoms with E-state index in [4.69, 9.17) is 0 Å². The molecule has 1 N–H and O–H groups in total. The molecular weight excluding hydrogens is 233 g/mol. The fourth-order valence-electron chi connectivity index (χ4n) is 1.25. The van der Waals surface area contributed by atoms with Crippen molar-refractivity contribution < 1.29 is 24.0 Å². The third-order valence-electron chi connectivity index (χ3n) is 2.14. The van der Waals surface area contributed by atoms with E-state index in [1.54, 1.807) is 0 Å². The summed E-state index contributed by atoms with van der Waals surface area (Å²) >= 11 is 0. The maximum Gasteiger partial charge on any atom is 0.308 e. The van der Waals surface area contributed by atoms with Crippen LogP contribution in [0.1, 0.15) is 18.1 Å². The Labute approximate surface area is 95.8 Å². The molecule has 0 aromatic heterocycles. The first-order valence-electron chi connectivity index (χ1n) is 4.64. The second-order valence-corrected chi connectivity index (χ2v) is 3.26. The average Bonchev–Trinajstić information content (AvgIpc) is 2.28. The number of halogens is 1. The lowest BCUT2D eigenvalue weighted by Gasteiger charge is -2.10. The van der Waals surface area contributed by atoms with Crippen molar-refractivity contribution in [2.45, 2.75) is 12.5 Å². The predicted molar refractivity (Wildman–Crippen MR) is 54.6 cm³/mol. The molecule has 0 aliphatic heterocycles. The Hall–Kier alpha value is -2.02. The van der Waals surface area contributed by atoms with Crippen molar-refractivity contribution in [2.24, 2.45) is 0 Å². The SMILES string of the molecule is COC(=O)C[C@H](O)c1ccc([N+](=O)[O-])cc1F. The Morgan fingerprint density at radius 2 is 2.29 bits per heavy atom. The standard InChI is InChI=1S/C10H10FNO5/c1-17-10(14)5-9(13)7-3-2-6(12(15)16)4-8(7)11/h2-4,9,13H,5H2,1H3/t9-/m0/s1. The highest BCUT2D eigenvalue weighted by Gasteiger charge is 2.19. The summed E-state index contributed by atoms with van der Waals surface area (Å²) in [6, 6.07) is 2.82. The Balaban J connectivity index is 2.92. The summed E-state index contributed by atoms with van der Waals surface area (Å²) in [6.07, 6.45) is -1.80. The number of carbonyl (C=O) groups is 1. The summed E-state index contributed by atoms with van der Waals surface area (Å²) in [5.74, 6) is -1.63. The van der Waals surface area contributed by atoms with E-state index in [2.05, 4.69) is 4.74 Å². The van der Waals surface area contributed by atoms with E-state index < -0.39 is 34.9 Å². The minimum absolute atomic E-state index is 0.180. The zero-order chi connectivity index (χ0) is 13.0. The topological polar surface area (TPSA) is 89.7 Å². The number of carbonyl (C=O) groups excluding carboxylic acids is 1. The van der Waals surface area contributed by atoms with E-state index in [0.29, 0.717) is 6.07 Å². The van der Waals surface area contributed by atoms with Gasteiger partial charge in [-0.2, -0.15) is 0 Å². The lowest BCUT2D eigenvalue weighted by Crippen LogP contribution is -2.09. The van der Waals surface area contributed by atoms with E-state index in [1.165, 1.54) is 0 Å². The molecule has 0 radical (unpaired) electrons. The number of hydrogen-bond acceptors (Lipinski definition) is 5. The molecule has 0 bridgehead atoms. The summed E-state index contributed by atoms with van der Waals surface area (Å²) in [5, 5.41) is 19.9. The zero-order valence-electron chi connectivity index (χ0n) is 8.92. The Kier molecular flexibility index (Phi) is 4.11. The molecule has 7 heteroatoms. The van der Waals surface area contributed by atoms with Crippen LogP contribution in [0.25, 0.3) is 0 Å². The van der Waals surface area contributed by atoms with Gasteiger partial charge in [0.1, 0.15) is 5.82 Å². The Morgan fingerprint density at radius 1 is 1.65 bits per heavy atom. The van der Waals surface area contributed by atoms with Gasteiger partial charge in [-0.15, -0.1) is 0 Å². The van der Waals surface area contributed by atoms with Crippen molar-refractivity contribution in [1.29, 1.82) is 0 Å². The summed E-state index contributed by atoms with van der Waals surface area (Å²) in [6.45, 7) is 0. The molecule has 0 heterocycles. The molecule has 0 fully saturated rings. The number of methoxy groups -OCH3 is 1. The van der Waals surface area contributed by atoms with E-state index >= 15 is 0 Å². The quantitative estimate of drug-likeness (QED) is 0.489. The zero-order valence-corrected chi connectivity index (χ0v) is 8.92. The van der Waals surface area contributed by atoms with Crippen molar-refractivity contribution in [2.75, 3.05) is 7.11 Å². The van der Waals surface area contributed by atoms with Gasteiger partial charge in [-0.25, -0.2) is 4.39 Å². The van der Waals surface area contributed by atoms with Crippen LogP contribution in [0.4, 0.5) is 10.1 Å². The fraction of sp³-hybridized carbons (Fsp3) is 0.300. The van der Waals surface area contributed by atoms with Crippen LogP contribution in [-0.2, 0) is 9.53 Å². The molecule has 0 saturated carbocycles. The second-order valence-electron chi connectivity index (χ2n) is 3.26. The smallest absolute Gasteiger partial charge is 0.308 e. The molecule has 6 nitrogen and oxygen atoms in total. The van der Waals surface area contributed by atoms with Gasteiger partial charge >= 0.3 is 5.97 Å². The van der Waals surface area contributed by atoms with E-state index in [-0.39, 0.29) is 5.56 Å². The number of nitro groups is 1. The third-order valence-corrected chi connectivity index (χ3v) is 2.14. The molecule has 0 aliphatic rings. The summed E-state index contributed by atoms with van der Waals surface area (Å²) in [4.78, 5) is 20.5. The third kappa shape index (κ3) is 3.22. The first-order valence-corrected chi connectivity index (χ1v) is 4.64. The molecule has 1 aromatic carbocycles. The second kappa shape index (κ2) is 5.35. The molecule has 92 valence electrons. The highest BCUT2D eigenvalue weighted by atomic mass is 19.1. The van der Waals surface area contributed by atoms with Crippen LogP contribution in [0.15, 0.2) is 18.2 Å². The maximum absolute atomic E-state index is 13.4. The van der Waals surface area contributed by atoms with Crippen molar-refractivity contribution >= 4 is 11.7 Å². The molecule has 17 heavy (non-hydrogen) atoms. The molecular formula is C10H10FNO5. The van der Waals surface area contributed by atoms with Crippen LogP contribution in [0.3, 0.4) is 0 Å². The maximum atomic E-state index is 13.4. The number of ether oxygens (including phenoxy) is 1. The normalized spacial score (nSPS) is 11.9. The molecule has 0 saturated heterocycles. The van der Waals surface area contributed by atoms with Crippen LogP contribution < -0.4 is 0 Å².